The van der Waals surface area contributed by atoms with Gasteiger partial charge in [-0.05, 0) is 34.7 Å². The fraction of sp³-hybridized carbons (Fsp3) is 0.667. The average Bonchev–Trinajstić information content (AvgIpc) is 2.77. The Kier molecular flexibility index (Phi) is 4.33. The molecule has 0 aliphatic carbocycles. The van der Waals surface area contributed by atoms with E-state index in [4.69, 9.17) is 17.0 Å². The van der Waals surface area contributed by atoms with E-state index in [9.17, 15) is 0 Å². The van der Waals surface area contributed by atoms with Crippen LogP contribution in [0.2, 0.25) is 0 Å². The number of halogens is 1. The van der Waals surface area contributed by atoms with E-state index in [1.165, 1.54) is 0 Å². The van der Waals surface area contributed by atoms with Crippen LogP contribution in [0.4, 0.5) is 0 Å². The van der Waals surface area contributed by atoms with Gasteiger partial charge in [0, 0.05) is 18.2 Å². The number of aromatic nitrogens is 2. The summed E-state index contributed by atoms with van der Waals surface area (Å²) in [6, 6.07) is 0. The lowest BCUT2D eigenvalue weighted by atomic mass is 10.1. The molecule has 1 N–H and O–H groups in total. The van der Waals surface area contributed by atoms with Gasteiger partial charge in [0.2, 0.25) is 0 Å². The summed E-state index contributed by atoms with van der Waals surface area (Å²) in [6.45, 7) is 5.97. The molecule has 0 spiro atoms. The number of nitrogens with one attached hydrogen (secondary N) is 1. The predicted octanol–water partition coefficient (Wildman–Crippen LogP) is 3.60. The van der Waals surface area contributed by atoms with Gasteiger partial charge in [-0.15, -0.1) is 0 Å². The largest absolute Gasteiger partial charge is 0.381 e. The number of nitrogens with zero attached hydrogens (tertiary/aromatic N) is 1. The lowest BCUT2D eigenvalue weighted by Crippen LogP contribution is -2.09. The van der Waals surface area contributed by atoms with Gasteiger partial charge in [0.1, 0.15) is 10.5 Å². The number of ether oxygens (including phenoxy) is 1. The van der Waals surface area contributed by atoms with E-state index in [0.29, 0.717) is 16.5 Å². The van der Waals surface area contributed by atoms with Crippen LogP contribution < -0.4 is 0 Å². The zero-order valence-corrected chi connectivity index (χ0v) is 12.5. The fourth-order valence-corrected chi connectivity index (χ4v) is 2.59. The topological polar surface area (TPSA) is 37.9 Å². The van der Waals surface area contributed by atoms with Crippen molar-refractivity contribution in [3.63, 3.8) is 0 Å². The van der Waals surface area contributed by atoms with Crippen LogP contribution in [-0.4, -0.2) is 23.2 Å². The molecule has 3 nitrogen and oxygen atoms in total. The van der Waals surface area contributed by atoms with E-state index in [-0.39, 0.29) is 0 Å². The van der Waals surface area contributed by atoms with E-state index in [0.717, 1.165) is 42.0 Å². The second-order valence-electron chi connectivity index (χ2n) is 4.88. The number of aromatic amines is 1. The minimum Gasteiger partial charge on any atom is -0.381 e. The third-order valence-electron chi connectivity index (χ3n) is 2.88. The first-order valence-electron chi connectivity index (χ1n) is 5.94. The van der Waals surface area contributed by atoms with Crippen LogP contribution in [0.25, 0.3) is 0 Å². The van der Waals surface area contributed by atoms with Gasteiger partial charge >= 0.3 is 0 Å². The lowest BCUT2D eigenvalue weighted by molar-refractivity contribution is 0.193. The number of hydrogen-bond donors (Lipinski definition) is 1. The van der Waals surface area contributed by atoms with Gasteiger partial charge in [0.05, 0.1) is 11.1 Å². The summed E-state index contributed by atoms with van der Waals surface area (Å²) in [5.41, 5.74) is 1.15. The van der Waals surface area contributed by atoms with Crippen LogP contribution in [0.1, 0.15) is 37.7 Å². The first-order chi connectivity index (χ1) is 8.08. The molecule has 1 aliphatic heterocycles. The van der Waals surface area contributed by atoms with Crippen molar-refractivity contribution in [1.82, 2.24) is 9.97 Å². The molecule has 5 heteroatoms. The molecule has 2 rings (SSSR count). The van der Waals surface area contributed by atoms with Crippen molar-refractivity contribution < 1.29 is 4.74 Å². The van der Waals surface area contributed by atoms with Crippen LogP contribution in [0.3, 0.4) is 0 Å². The SMILES string of the molecule is CC(C)Cc1[nH]c(C2CCOC2)nc(=S)c1Br. The summed E-state index contributed by atoms with van der Waals surface area (Å²) in [7, 11) is 0. The summed E-state index contributed by atoms with van der Waals surface area (Å²) in [5.74, 6) is 1.94. The van der Waals surface area contributed by atoms with Crippen LogP contribution in [-0.2, 0) is 11.2 Å². The highest BCUT2D eigenvalue weighted by Gasteiger charge is 2.21. The summed E-state index contributed by atoms with van der Waals surface area (Å²) in [5, 5.41) is 0. The van der Waals surface area contributed by atoms with Crippen LogP contribution in [0.15, 0.2) is 4.47 Å². The molecule has 0 aromatic carbocycles. The monoisotopic (exact) mass is 316 g/mol. The fourth-order valence-electron chi connectivity index (χ4n) is 2.02. The third kappa shape index (κ3) is 3.14. The number of H-pyrrole nitrogens is 1. The standard InChI is InChI=1S/C12H17BrN2OS/c1-7(2)5-9-10(13)12(17)15-11(14-9)8-3-4-16-6-8/h7-8H,3-6H2,1-2H3,(H,14,15,17). The average molecular weight is 317 g/mol. The molecular weight excluding hydrogens is 300 g/mol. The second-order valence-corrected chi connectivity index (χ2v) is 6.06. The van der Waals surface area contributed by atoms with Crippen LogP contribution in [0, 0.1) is 10.6 Å². The minimum atomic E-state index is 0.371. The summed E-state index contributed by atoms with van der Waals surface area (Å²) in [6.07, 6.45) is 2.01. The normalized spacial score (nSPS) is 20.1. The lowest BCUT2D eigenvalue weighted by Gasteiger charge is -2.13. The number of hydrogen-bond acceptors (Lipinski definition) is 3. The Morgan fingerprint density at radius 2 is 2.35 bits per heavy atom. The Hall–Kier alpha value is -0.260. The maximum absolute atomic E-state index is 5.40. The molecule has 17 heavy (non-hydrogen) atoms. The Balaban J connectivity index is 2.34. The van der Waals surface area contributed by atoms with Gasteiger partial charge in [0.25, 0.3) is 0 Å². The van der Waals surface area contributed by atoms with Crippen molar-refractivity contribution >= 4 is 28.1 Å². The van der Waals surface area contributed by atoms with Crippen molar-refractivity contribution in [3.05, 3.63) is 20.6 Å². The van der Waals surface area contributed by atoms with Gasteiger partial charge in [-0.2, -0.15) is 0 Å². The van der Waals surface area contributed by atoms with Crippen molar-refractivity contribution in [2.45, 2.75) is 32.6 Å². The molecular formula is C12H17BrN2OS. The van der Waals surface area contributed by atoms with E-state index in [1.54, 1.807) is 0 Å². The van der Waals surface area contributed by atoms with Crippen molar-refractivity contribution in [1.29, 1.82) is 0 Å². The molecule has 1 aromatic heterocycles. The molecule has 0 bridgehead atoms. The quantitative estimate of drug-likeness (QED) is 0.866. The molecule has 2 heterocycles. The maximum Gasteiger partial charge on any atom is 0.144 e. The highest BCUT2D eigenvalue weighted by atomic mass is 79.9. The summed E-state index contributed by atoms with van der Waals surface area (Å²) >= 11 is 8.82. The molecule has 0 saturated carbocycles. The molecule has 1 aliphatic rings. The second kappa shape index (κ2) is 5.59. The van der Waals surface area contributed by atoms with E-state index in [2.05, 4.69) is 39.7 Å². The molecule has 0 radical (unpaired) electrons. The van der Waals surface area contributed by atoms with Crippen LogP contribution >= 0.6 is 28.1 Å². The predicted molar refractivity (Wildman–Crippen MR) is 73.8 cm³/mol. The molecule has 94 valence electrons. The first-order valence-corrected chi connectivity index (χ1v) is 7.14. The van der Waals surface area contributed by atoms with Crippen molar-refractivity contribution in [2.24, 2.45) is 5.92 Å². The minimum absolute atomic E-state index is 0.371. The molecule has 1 saturated heterocycles. The van der Waals surface area contributed by atoms with Gasteiger partial charge in [-0.1, -0.05) is 26.1 Å². The molecule has 1 atom stereocenters. The van der Waals surface area contributed by atoms with Crippen molar-refractivity contribution in [2.75, 3.05) is 13.2 Å². The molecule has 0 amide bonds. The Bertz CT molecular complexity index is 452. The highest BCUT2D eigenvalue weighted by molar-refractivity contribution is 9.10. The van der Waals surface area contributed by atoms with Gasteiger partial charge in [-0.3, -0.25) is 0 Å². The van der Waals surface area contributed by atoms with E-state index >= 15 is 0 Å². The first kappa shape index (κ1) is 13.2. The summed E-state index contributed by atoms with van der Waals surface area (Å²) < 4.78 is 6.98. The zero-order valence-electron chi connectivity index (χ0n) is 10.1. The van der Waals surface area contributed by atoms with E-state index in [1.807, 2.05) is 0 Å². The Morgan fingerprint density at radius 1 is 1.59 bits per heavy atom. The third-order valence-corrected chi connectivity index (χ3v) is 4.29. The van der Waals surface area contributed by atoms with Gasteiger partial charge < -0.3 is 9.72 Å². The number of rotatable bonds is 3. The smallest absolute Gasteiger partial charge is 0.144 e. The molecule has 1 unspecified atom stereocenters. The van der Waals surface area contributed by atoms with Gasteiger partial charge in [-0.25, -0.2) is 4.98 Å². The highest BCUT2D eigenvalue weighted by Crippen LogP contribution is 2.26. The molecule has 1 aromatic rings. The summed E-state index contributed by atoms with van der Waals surface area (Å²) in [4.78, 5) is 7.88. The van der Waals surface area contributed by atoms with Gasteiger partial charge in [0.15, 0.2) is 0 Å². The Labute approximate surface area is 115 Å². The van der Waals surface area contributed by atoms with Crippen LogP contribution in [0.5, 0.6) is 0 Å². The molecule has 1 fully saturated rings. The zero-order chi connectivity index (χ0) is 12.4. The van der Waals surface area contributed by atoms with Crippen molar-refractivity contribution in [3.8, 4) is 0 Å². The Morgan fingerprint density at radius 3 is 2.94 bits per heavy atom. The maximum atomic E-state index is 5.40. The van der Waals surface area contributed by atoms with E-state index < -0.39 is 0 Å².